The van der Waals surface area contributed by atoms with Crippen LogP contribution in [0, 0.1) is 10.1 Å². The molecule has 0 aliphatic carbocycles. The Balaban J connectivity index is 1.71. The number of hydrogen-bond donors (Lipinski definition) is 2. The number of fused-ring (bicyclic) bond motifs is 1. The Morgan fingerprint density at radius 1 is 1.10 bits per heavy atom. The van der Waals surface area contributed by atoms with Gasteiger partial charge in [-0.1, -0.05) is 11.8 Å². The second-order valence-electron chi connectivity index (χ2n) is 5.96. The lowest BCUT2D eigenvalue weighted by molar-refractivity contribution is -0.388. The number of nitrogen functional groups attached to an aromatic ring is 1. The number of amides is 2. The number of nitrogens with one attached hydrogen (secondary N) is 1. The third-order valence-electron chi connectivity index (χ3n) is 4.21. The molecular weight excluding hydrogens is 398 g/mol. The summed E-state index contributed by atoms with van der Waals surface area (Å²) < 4.78 is 1.12. The topological polar surface area (TPSA) is 150 Å². The zero-order valence-corrected chi connectivity index (χ0v) is 15.3. The van der Waals surface area contributed by atoms with Crippen LogP contribution >= 0.6 is 11.8 Å². The molecule has 2 aromatic heterocycles. The van der Waals surface area contributed by atoms with E-state index in [0.717, 1.165) is 22.4 Å². The molecule has 1 aliphatic rings. The number of aromatic nitrogens is 2. The largest absolute Gasteiger partial charge is 0.384 e. The van der Waals surface area contributed by atoms with Crippen molar-refractivity contribution in [2.45, 2.75) is 9.92 Å². The molecule has 1 aliphatic heterocycles. The molecule has 3 heterocycles. The molecular formula is C18H11N5O5S. The highest BCUT2D eigenvalue weighted by molar-refractivity contribution is 7.99. The third kappa shape index (κ3) is 3.12. The molecule has 1 aromatic carbocycles. The Morgan fingerprint density at radius 2 is 1.83 bits per heavy atom. The van der Waals surface area contributed by atoms with Crippen LogP contribution in [0.5, 0.6) is 0 Å². The minimum absolute atomic E-state index is 0.0443. The number of carbonyl (C=O) groups excluding carboxylic acids is 2. The maximum Gasteiger partial charge on any atom is 0.301 e. The van der Waals surface area contributed by atoms with Crippen molar-refractivity contribution < 1.29 is 14.5 Å². The van der Waals surface area contributed by atoms with Crippen molar-refractivity contribution in [1.82, 2.24) is 14.9 Å². The summed E-state index contributed by atoms with van der Waals surface area (Å²) >= 11 is 1.10. The van der Waals surface area contributed by atoms with Crippen molar-refractivity contribution in [3.05, 3.63) is 80.3 Å². The van der Waals surface area contributed by atoms with Crippen LogP contribution in [0.1, 0.15) is 20.7 Å². The maximum absolute atomic E-state index is 12.4. The van der Waals surface area contributed by atoms with Crippen LogP contribution in [-0.2, 0) is 0 Å². The Kier molecular flexibility index (Phi) is 4.35. The van der Waals surface area contributed by atoms with E-state index < -0.39 is 22.3 Å². The summed E-state index contributed by atoms with van der Waals surface area (Å²) in [5, 5.41) is 13.4. The first kappa shape index (κ1) is 18.4. The normalized spacial score (nSPS) is 12.6. The molecule has 11 heteroatoms. The van der Waals surface area contributed by atoms with Gasteiger partial charge in [-0.2, -0.15) is 0 Å². The zero-order valence-electron chi connectivity index (χ0n) is 14.5. The predicted octanol–water partition coefficient (Wildman–Crippen LogP) is 1.76. The molecule has 0 atom stereocenters. The van der Waals surface area contributed by atoms with Crippen molar-refractivity contribution in [3.63, 3.8) is 0 Å². The van der Waals surface area contributed by atoms with Gasteiger partial charge in [0.25, 0.3) is 17.4 Å². The molecule has 10 nitrogen and oxygen atoms in total. The predicted molar refractivity (Wildman–Crippen MR) is 103 cm³/mol. The molecule has 4 rings (SSSR count). The smallest absolute Gasteiger partial charge is 0.301 e. The summed E-state index contributed by atoms with van der Waals surface area (Å²) in [6.45, 7) is 0. The Hall–Kier alpha value is -3.99. The highest BCUT2D eigenvalue weighted by Crippen LogP contribution is 2.33. The number of nitro groups is 1. The van der Waals surface area contributed by atoms with Gasteiger partial charge in [0.2, 0.25) is 0 Å². The molecule has 0 saturated heterocycles. The number of imide groups is 1. The number of nitrogens with two attached hydrogens (primary N) is 1. The van der Waals surface area contributed by atoms with Crippen molar-refractivity contribution in [2.24, 2.45) is 0 Å². The number of benzene rings is 1. The van der Waals surface area contributed by atoms with Crippen LogP contribution in [0.15, 0.2) is 63.4 Å². The maximum atomic E-state index is 12.4. The van der Waals surface area contributed by atoms with E-state index >= 15 is 0 Å². The van der Waals surface area contributed by atoms with E-state index in [0.29, 0.717) is 10.6 Å². The summed E-state index contributed by atoms with van der Waals surface area (Å²) in [6.07, 6.45) is 1.46. The van der Waals surface area contributed by atoms with Crippen molar-refractivity contribution >= 4 is 35.1 Å². The van der Waals surface area contributed by atoms with Crippen molar-refractivity contribution in [3.8, 4) is 5.69 Å². The monoisotopic (exact) mass is 409 g/mol. The number of carbonyl (C=O) groups is 2. The van der Waals surface area contributed by atoms with Gasteiger partial charge in [0.1, 0.15) is 5.82 Å². The van der Waals surface area contributed by atoms with Crippen molar-refractivity contribution in [2.75, 3.05) is 5.73 Å². The quantitative estimate of drug-likeness (QED) is 0.376. The molecule has 3 aromatic rings. The van der Waals surface area contributed by atoms with Gasteiger partial charge in [-0.05, 0) is 30.3 Å². The van der Waals surface area contributed by atoms with E-state index in [1.807, 2.05) is 0 Å². The Morgan fingerprint density at radius 3 is 2.52 bits per heavy atom. The highest BCUT2D eigenvalue weighted by Gasteiger charge is 2.31. The number of pyridine rings is 2. The second kappa shape index (κ2) is 6.87. The molecule has 0 unspecified atom stereocenters. The average Bonchev–Trinajstić information content (AvgIpc) is 2.97. The van der Waals surface area contributed by atoms with Gasteiger partial charge >= 0.3 is 5.69 Å². The summed E-state index contributed by atoms with van der Waals surface area (Å²) in [5.41, 5.74) is 5.60. The lowest BCUT2D eigenvalue weighted by Crippen LogP contribution is -2.24. The van der Waals surface area contributed by atoms with E-state index in [9.17, 15) is 24.5 Å². The molecule has 29 heavy (non-hydrogen) atoms. The molecule has 0 saturated carbocycles. The molecule has 0 bridgehead atoms. The van der Waals surface area contributed by atoms with Gasteiger partial charge in [-0.25, -0.2) is 4.98 Å². The molecule has 144 valence electrons. The van der Waals surface area contributed by atoms with Crippen LogP contribution < -0.4 is 16.6 Å². The minimum Gasteiger partial charge on any atom is -0.384 e. The average molecular weight is 409 g/mol. The minimum atomic E-state index is -0.662. The van der Waals surface area contributed by atoms with Crippen LogP contribution in [0.4, 0.5) is 11.5 Å². The molecule has 2 amide bonds. The lowest BCUT2D eigenvalue weighted by atomic mass is 10.1. The number of rotatable bonds is 4. The molecule has 0 spiro atoms. The summed E-state index contributed by atoms with van der Waals surface area (Å²) in [7, 11) is 0. The van der Waals surface area contributed by atoms with Crippen molar-refractivity contribution in [1.29, 1.82) is 0 Å². The molecule has 3 N–H and O–H groups in total. The Bertz CT molecular complexity index is 1250. The first-order valence-electron chi connectivity index (χ1n) is 8.15. The summed E-state index contributed by atoms with van der Waals surface area (Å²) in [5.74, 6) is -1.47. The third-order valence-corrected chi connectivity index (χ3v) is 5.23. The second-order valence-corrected chi connectivity index (χ2v) is 7.02. The van der Waals surface area contributed by atoms with Crippen LogP contribution in [0.25, 0.3) is 5.69 Å². The van der Waals surface area contributed by atoms with E-state index in [1.165, 1.54) is 18.3 Å². The lowest BCUT2D eigenvalue weighted by Gasteiger charge is -2.12. The summed E-state index contributed by atoms with van der Waals surface area (Å²) in [6, 6.07) is 10.3. The van der Waals surface area contributed by atoms with Gasteiger partial charge < -0.3 is 5.73 Å². The Labute approximate surface area is 166 Å². The van der Waals surface area contributed by atoms with Gasteiger partial charge in [0, 0.05) is 23.2 Å². The standard InChI is InChI=1S/C18H11N5O5S/c19-15-14-11(16(25)21-17(14)26)8-13(24)22(15)9-3-5-10(6-4-9)29-18-12(23(27)28)2-1-7-20-18/h1-8H,19H2,(H,21,25,26). The van der Waals surface area contributed by atoms with Gasteiger partial charge in [-0.15, -0.1) is 0 Å². The fraction of sp³-hybridized carbons (Fsp3) is 0. The van der Waals surface area contributed by atoms with Gasteiger partial charge in [0.05, 0.1) is 21.7 Å². The molecule has 0 fully saturated rings. The van der Waals surface area contributed by atoms with Gasteiger partial charge in [0.15, 0.2) is 5.03 Å². The number of anilines is 1. The number of hydrogen-bond acceptors (Lipinski definition) is 8. The van der Waals surface area contributed by atoms with E-state index in [-0.39, 0.29) is 27.7 Å². The van der Waals surface area contributed by atoms with E-state index in [1.54, 1.807) is 24.3 Å². The fourth-order valence-corrected chi connectivity index (χ4v) is 3.78. The summed E-state index contributed by atoms with van der Waals surface area (Å²) in [4.78, 5) is 51.4. The van der Waals surface area contributed by atoms with Crippen LogP contribution in [-0.4, -0.2) is 26.3 Å². The zero-order chi connectivity index (χ0) is 20.7. The fourth-order valence-electron chi connectivity index (χ4n) is 2.92. The first-order chi connectivity index (χ1) is 13.9. The first-order valence-corrected chi connectivity index (χ1v) is 8.97. The van der Waals surface area contributed by atoms with Gasteiger partial charge in [-0.3, -0.25) is 34.4 Å². The van der Waals surface area contributed by atoms with Crippen LogP contribution in [0.2, 0.25) is 0 Å². The van der Waals surface area contributed by atoms with Crippen LogP contribution in [0.3, 0.4) is 0 Å². The number of nitrogens with zero attached hydrogens (tertiary/aromatic N) is 3. The SMILES string of the molecule is Nc1c2c(cc(=O)n1-c1ccc(Sc3ncccc3[N+](=O)[O-])cc1)C(=O)NC2=O. The van der Waals surface area contributed by atoms with E-state index in [2.05, 4.69) is 10.3 Å². The van der Waals surface area contributed by atoms with E-state index in [4.69, 9.17) is 5.73 Å². The molecule has 0 radical (unpaired) electrons. The highest BCUT2D eigenvalue weighted by atomic mass is 32.2.